The monoisotopic (exact) mass is 326 g/mol. The van der Waals surface area contributed by atoms with Crippen LogP contribution < -0.4 is 5.73 Å². The van der Waals surface area contributed by atoms with Crippen LogP contribution in [0.2, 0.25) is 5.02 Å². The van der Waals surface area contributed by atoms with E-state index in [2.05, 4.69) is 20.9 Å². The summed E-state index contributed by atoms with van der Waals surface area (Å²) < 4.78 is 0.938. The summed E-state index contributed by atoms with van der Waals surface area (Å²) in [5.74, 6) is 0.281. The molecule has 1 aromatic heterocycles. The Bertz CT molecular complexity index is 589. The van der Waals surface area contributed by atoms with Gasteiger partial charge in [-0.1, -0.05) is 39.7 Å². The molecule has 0 radical (unpaired) electrons. The second-order valence-electron chi connectivity index (χ2n) is 4.04. The molecule has 18 heavy (non-hydrogen) atoms. The maximum Gasteiger partial charge on any atom is 0.129 e. The Labute approximate surface area is 119 Å². The Kier molecular flexibility index (Phi) is 3.90. The SMILES string of the molecule is Cc1ccc(C(O)c2cc(Cl)cnc2N)cc1Br. The molecule has 1 unspecified atom stereocenters. The summed E-state index contributed by atoms with van der Waals surface area (Å²) in [5, 5.41) is 10.8. The van der Waals surface area contributed by atoms with Crippen molar-refractivity contribution in [3.63, 3.8) is 0 Å². The molecule has 1 atom stereocenters. The molecule has 5 heteroatoms. The van der Waals surface area contributed by atoms with Gasteiger partial charge < -0.3 is 10.8 Å². The molecule has 0 aliphatic heterocycles. The minimum absolute atomic E-state index is 0.281. The molecule has 0 saturated carbocycles. The molecule has 2 aromatic rings. The standard InChI is InChI=1S/C13H12BrClN2O/c1-7-2-3-8(4-11(7)14)12(18)10-5-9(15)6-17-13(10)16/h2-6,12,18H,1H3,(H2,16,17). The summed E-state index contributed by atoms with van der Waals surface area (Å²) in [6.07, 6.45) is 0.617. The van der Waals surface area contributed by atoms with Crippen LogP contribution in [0.15, 0.2) is 34.9 Å². The molecule has 0 amide bonds. The van der Waals surface area contributed by atoms with E-state index in [-0.39, 0.29) is 5.82 Å². The van der Waals surface area contributed by atoms with Crippen LogP contribution in [0.5, 0.6) is 0 Å². The maximum atomic E-state index is 10.3. The van der Waals surface area contributed by atoms with E-state index in [0.29, 0.717) is 10.6 Å². The lowest BCUT2D eigenvalue weighted by atomic mass is 10.0. The molecule has 0 fully saturated rings. The van der Waals surface area contributed by atoms with Crippen molar-refractivity contribution in [2.75, 3.05) is 5.73 Å². The van der Waals surface area contributed by atoms with E-state index in [9.17, 15) is 5.11 Å². The van der Waals surface area contributed by atoms with E-state index < -0.39 is 6.10 Å². The van der Waals surface area contributed by atoms with E-state index in [4.69, 9.17) is 17.3 Å². The first-order valence-electron chi connectivity index (χ1n) is 5.34. The van der Waals surface area contributed by atoms with Crippen molar-refractivity contribution in [1.82, 2.24) is 4.98 Å². The highest BCUT2D eigenvalue weighted by atomic mass is 79.9. The highest BCUT2D eigenvalue weighted by Crippen LogP contribution is 2.30. The van der Waals surface area contributed by atoms with Crippen LogP contribution in [0, 0.1) is 6.92 Å². The number of aromatic nitrogens is 1. The number of aryl methyl sites for hydroxylation is 1. The summed E-state index contributed by atoms with van der Waals surface area (Å²) >= 11 is 9.30. The molecule has 1 aromatic carbocycles. The van der Waals surface area contributed by atoms with Crippen molar-refractivity contribution in [3.05, 3.63) is 56.6 Å². The molecule has 0 aliphatic rings. The zero-order valence-corrected chi connectivity index (χ0v) is 12.0. The third-order valence-corrected chi connectivity index (χ3v) is 3.78. The third kappa shape index (κ3) is 2.66. The van der Waals surface area contributed by atoms with Gasteiger partial charge in [0.05, 0.1) is 5.02 Å². The number of anilines is 1. The largest absolute Gasteiger partial charge is 0.384 e. The number of nitrogen functional groups attached to an aromatic ring is 1. The fourth-order valence-electron chi connectivity index (χ4n) is 1.64. The average Bonchev–Trinajstić information content (AvgIpc) is 2.35. The van der Waals surface area contributed by atoms with Gasteiger partial charge in [-0.2, -0.15) is 0 Å². The number of pyridine rings is 1. The molecular weight excluding hydrogens is 316 g/mol. The van der Waals surface area contributed by atoms with Crippen LogP contribution in [0.4, 0.5) is 5.82 Å². The second-order valence-corrected chi connectivity index (χ2v) is 5.33. The minimum atomic E-state index is -0.840. The first-order valence-corrected chi connectivity index (χ1v) is 6.51. The van der Waals surface area contributed by atoms with Crippen LogP contribution in [0.3, 0.4) is 0 Å². The van der Waals surface area contributed by atoms with Crippen molar-refractivity contribution in [1.29, 1.82) is 0 Å². The van der Waals surface area contributed by atoms with Crippen LogP contribution in [0.1, 0.15) is 22.8 Å². The quantitative estimate of drug-likeness (QED) is 0.888. The van der Waals surface area contributed by atoms with E-state index in [1.807, 2.05) is 25.1 Å². The Balaban J connectivity index is 2.44. The zero-order valence-electron chi connectivity index (χ0n) is 9.69. The predicted octanol–water partition coefficient (Wildman–Crippen LogP) is 3.47. The molecule has 1 heterocycles. The smallest absolute Gasteiger partial charge is 0.129 e. The molecule has 0 aliphatic carbocycles. The zero-order chi connectivity index (χ0) is 13.3. The number of halogens is 2. The summed E-state index contributed by atoms with van der Waals surface area (Å²) in [6.45, 7) is 1.98. The number of benzene rings is 1. The lowest BCUT2D eigenvalue weighted by molar-refractivity contribution is 0.220. The van der Waals surface area contributed by atoms with Gasteiger partial charge >= 0.3 is 0 Å². The second kappa shape index (κ2) is 5.26. The summed E-state index contributed by atoms with van der Waals surface area (Å²) in [4.78, 5) is 3.94. The first-order chi connectivity index (χ1) is 8.49. The van der Waals surface area contributed by atoms with Gasteiger partial charge in [-0.15, -0.1) is 0 Å². The highest BCUT2D eigenvalue weighted by molar-refractivity contribution is 9.10. The summed E-state index contributed by atoms with van der Waals surface area (Å²) in [7, 11) is 0. The van der Waals surface area contributed by atoms with Crippen molar-refractivity contribution >= 4 is 33.3 Å². The summed E-state index contributed by atoms with van der Waals surface area (Å²) in [5.41, 5.74) is 8.11. The first kappa shape index (κ1) is 13.3. The molecule has 94 valence electrons. The predicted molar refractivity (Wildman–Crippen MR) is 76.6 cm³/mol. The fourth-order valence-corrected chi connectivity index (χ4v) is 2.21. The normalized spacial score (nSPS) is 12.4. The highest BCUT2D eigenvalue weighted by Gasteiger charge is 2.15. The van der Waals surface area contributed by atoms with Crippen LogP contribution in [-0.2, 0) is 0 Å². The number of aliphatic hydroxyl groups excluding tert-OH is 1. The lowest BCUT2D eigenvalue weighted by Crippen LogP contribution is -2.05. The number of nitrogens with two attached hydrogens (primary N) is 1. The van der Waals surface area contributed by atoms with Crippen molar-refractivity contribution in [2.24, 2.45) is 0 Å². The van der Waals surface area contributed by atoms with Crippen LogP contribution >= 0.6 is 27.5 Å². The van der Waals surface area contributed by atoms with Crippen molar-refractivity contribution in [3.8, 4) is 0 Å². The van der Waals surface area contributed by atoms with Crippen molar-refractivity contribution < 1.29 is 5.11 Å². The molecule has 0 bridgehead atoms. The third-order valence-electron chi connectivity index (χ3n) is 2.72. The van der Waals surface area contributed by atoms with E-state index in [1.54, 1.807) is 6.07 Å². The topological polar surface area (TPSA) is 59.1 Å². The number of rotatable bonds is 2. The van der Waals surface area contributed by atoms with Gasteiger partial charge in [0, 0.05) is 16.2 Å². The van der Waals surface area contributed by atoms with Gasteiger partial charge in [0.2, 0.25) is 0 Å². The van der Waals surface area contributed by atoms with E-state index >= 15 is 0 Å². The van der Waals surface area contributed by atoms with Gasteiger partial charge in [0.25, 0.3) is 0 Å². The Hall–Kier alpha value is -1.10. The number of nitrogens with zero attached hydrogens (tertiary/aromatic N) is 1. The molecule has 3 nitrogen and oxygen atoms in total. The molecule has 3 N–H and O–H groups in total. The van der Waals surface area contributed by atoms with Crippen LogP contribution in [-0.4, -0.2) is 10.1 Å². The maximum absolute atomic E-state index is 10.3. The Morgan fingerprint density at radius 3 is 2.78 bits per heavy atom. The van der Waals surface area contributed by atoms with E-state index in [0.717, 1.165) is 15.6 Å². The van der Waals surface area contributed by atoms with Crippen LogP contribution in [0.25, 0.3) is 0 Å². The fraction of sp³-hybridized carbons (Fsp3) is 0.154. The van der Waals surface area contributed by atoms with E-state index in [1.165, 1.54) is 6.20 Å². The molecule has 0 spiro atoms. The molecular formula is C13H12BrClN2O. The average molecular weight is 328 g/mol. The lowest BCUT2D eigenvalue weighted by Gasteiger charge is -2.14. The number of hydrogen-bond donors (Lipinski definition) is 2. The number of hydrogen-bond acceptors (Lipinski definition) is 3. The number of aliphatic hydroxyl groups is 1. The van der Waals surface area contributed by atoms with Gasteiger partial charge in [-0.3, -0.25) is 0 Å². The van der Waals surface area contributed by atoms with Gasteiger partial charge in [0.15, 0.2) is 0 Å². The Morgan fingerprint density at radius 2 is 2.11 bits per heavy atom. The molecule has 2 rings (SSSR count). The van der Waals surface area contributed by atoms with Gasteiger partial charge in [0.1, 0.15) is 11.9 Å². The van der Waals surface area contributed by atoms with Gasteiger partial charge in [-0.05, 0) is 30.2 Å². The summed E-state index contributed by atoms with van der Waals surface area (Å²) in [6, 6.07) is 7.27. The van der Waals surface area contributed by atoms with Crippen molar-refractivity contribution in [2.45, 2.75) is 13.0 Å². The Morgan fingerprint density at radius 1 is 1.39 bits per heavy atom. The van der Waals surface area contributed by atoms with Gasteiger partial charge in [-0.25, -0.2) is 4.98 Å². The molecule has 0 saturated heterocycles. The minimum Gasteiger partial charge on any atom is -0.384 e.